The van der Waals surface area contributed by atoms with Crippen LogP contribution in [-0.2, 0) is 4.79 Å². The Balaban J connectivity index is 1.33. The largest absolute Gasteiger partial charge is 0.355 e. The molecule has 2 aliphatic heterocycles. The van der Waals surface area contributed by atoms with Crippen molar-refractivity contribution < 1.29 is 9.18 Å². The molecule has 0 aromatic heterocycles. The maximum absolute atomic E-state index is 13.3. The zero-order chi connectivity index (χ0) is 19.1. The highest BCUT2D eigenvalue weighted by molar-refractivity contribution is 5.88. The number of halogens is 1. The summed E-state index contributed by atoms with van der Waals surface area (Å²) in [5.41, 5.74) is 3.85. The Morgan fingerprint density at radius 3 is 2.64 bits per heavy atom. The molecule has 4 nitrogen and oxygen atoms in total. The molecule has 0 saturated heterocycles. The minimum Gasteiger partial charge on any atom is -0.355 e. The third kappa shape index (κ3) is 2.99. The molecule has 0 spiro atoms. The number of rotatable bonds is 4. The highest BCUT2D eigenvalue weighted by Gasteiger charge is 2.42. The molecule has 1 saturated carbocycles. The Hall–Kier alpha value is -3.34. The number of amides is 1. The maximum atomic E-state index is 13.3. The van der Waals surface area contributed by atoms with Crippen molar-refractivity contribution in [2.75, 3.05) is 0 Å². The van der Waals surface area contributed by atoms with Crippen molar-refractivity contribution in [2.24, 2.45) is 0 Å². The van der Waals surface area contributed by atoms with E-state index in [2.05, 4.69) is 22.8 Å². The van der Waals surface area contributed by atoms with Crippen LogP contribution in [0.1, 0.15) is 23.5 Å². The Morgan fingerprint density at radius 1 is 1.07 bits per heavy atom. The van der Waals surface area contributed by atoms with Crippen molar-refractivity contribution in [1.82, 2.24) is 15.5 Å². The first-order valence-corrected chi connectivity index (χ1v) is 9.46. The molecule has 2 heterocycles. The fraction of sp³-hybridized carbons (Fsp3) is 0.174. The van der Waals surface area contributed by atoms with E-state index in [1.54, 1.807) is 12.1 Å². The molecule has 2 aromatic rings. The van der Waals surface area contributed by atoms with Gasteiger partial charge in [0.25, 0.3) is 5.91 Å². The minimum atomic E-state index is -0.520. The van der Waals surface area contributed by atoms with E-state index < -0.39 is 6.17 Å². The number of benzene rings is 2. The lowest BCUT2D eigenvalue weighted by Crippen LogP contribution is -2.48. The summed E-state index contributed by atoms with van der Waals surface area (Å²) in [6, 6.07) is 16.7. The molecule has 2 aromatic carbocycles. The maximum Gasteiger partial charge on any atom is 0.264 e. The summed E-state index contributed by atoms with van der Waals surface area (Å²) in [6.45, 7) is 0. The topological polar surface area (TPSA) is 44.4 Å². The van der Waals surface area contributed by atoms with Crippen LogP contribution in [0.3, 0.4) is 0 Å². The number of hydrogen-bond acceptors (Lipinski definition) is 3. The summed E-state index contributed by atoms with van der Waals surface area (Å²) in [7, 11) is 0. The van der Waals surface area contributed by atoms with E-state index in [1.807, 2.05) is 47.5 Å². The first kappa shape index (κ1) is 16.8. The van der Waals surface area contributed by atoms with Crippen LogP contribution >= 0.6 is 0 Å². The lowest BCUT2D eigenvalue weighted by molar-refractivity contribution is -0.125. The number of carbonyl (C=O) groups excluding carboxylic acids is 1. The Kier molecular flexibility index (Phi) is 4.01. The molecule has 28 heavy (non-hydrogen) atoms. The lowest BCUT2D eigenvalue weighted by atomic mass is 10.1. The summed E-state index contributed by atoms with van der Waals surface area (Å²) in [5, 5.41) is 6.50. The fourth-order valence-corrected chi connectivity index (χ4v) is 3.90. The average Bonchev–Trinajstić information content (AvgIpc) is 3.39. The normalized spacial score (nSPS) is 24.8. The number of hydrogen-bond donors (Lipinski definition) is 2. The van der Waals surface area contributed by atoms with Crippen LogP contribution in [0.25, 0.3) is 5.70 Å². The van der Waals surface area contributed by atoms with Gasteiger partial charge < -0.3 is 15.5 Å². The highest BCUT2D eigenvalue weighted by atomic mass is 19.1. The summed E-state index contributed by atoms with van der Waals surface area (Å²) in [6.07, 6.45) is 8.14. The Morgan fingerprint density at radius 2 is 1.86 bits per heavy atom. The SMILES string of the molecule is O=C(N[C@H]1C[C@@H]1c1ccccc1)C1NC(c2ccc(F)cc2)=C2C=CC=CN21. The van der Waals surface area contributed by atoms with Gasteiger partial charge in [-0.2, -0.15) is 0 Å². The van der Waals surface area contributed by atoms with Gasteiger partial charge >= 0.3 is 0 Å². The minimum absolute atomic E-state index is 0.0574. The molecule has 0 radical (unpaired) electrons. The van der Waals surface area contributed by atoms with Gasteiger partial charge in [-0.05, 0) is 54.0 Å². The van der Waals surface area contributed by atoms with Crippen LogP contribution in [0.2, 0.25) is 0 Å². The molecule has 5 rings (SSSR count). The fourth-order valence-electron chi connectivity index (χ4n) is 3.90. The van der Waals surface area contributed by atoms with Crippen molar-refractivity contribution in [3.63, 3.8) is 0 Å². The van der Waals surface area contributed by atoms with Gasteiger partial charge in [-0.3, -0.25) is 4.79 Å². The van der Waals surface area contributed by atoms with Crippen LogP contribution in [-0.4, -0.2) is 23.0 Å². The molecular formula is C23H20FN3O. The van der Waals surface area contributed by atoms with Crippen LogP contribution < -0.4 is 10.6 Å². The summed E-state index contributed by atoms with van der Waals surface area (Å²) < 4.78 is 13.3. The van der Waals surface area contributed by atoms with E-state index in [0.29, 0.717) is 5.92 Å². The third-order valence-corrected chi connectivity index (χ3v) is 5.43. The standard InChI is InChI=1S/C23H20FN3O/c24-17-11-9-16(10-12-17)21-20-8-4-5-13-27(20)22(26-21)23(28)25-19-14-18(19)15-6-2-1-3-7-15/h1-13,18-19,22,26H,14H2,(H,25,28)/t18-,19+,22?/m1/s1. The molecule has 2 N–H and O–H groups in total. The second-order valence-electron chi connectivity index (χ2n) is 7.29. The zero-order valence-electron chi connectivity index (χ0n) is 15.2. The van der Waals surface area contributed by atoms with Crippen LogP contribution in [0.5, 0.6) is 0 Å². The van der Waals surface area contributed by atoms with Gasteiger partial charge in [0.05, 0.1) is 11.4 Å². The van der Waals surface area contributed by atoms with Gasteiger partial charge in [-0.15, -0.1) is 0 Å². The first-order chi connectivity index (χ1) is 13.7. The molecule has 0 bridgehead atoms. The van der Waals surface area contributed by atoms with Gasteiger partial charge in [0.15, 0.2) is 6.17 Å². The average molecular weight is 373 g/mol. The first-order valence-electron chi connectivity index (χ1n) is 9.46. The monoisotopic (exact) mass is 373 g/mol. The van der Waals surface area contributed by atoms with Crippen molar-refractivity contribution in [3.05, 3.63) is 102 Å². The van der Waals surface area contributed by atoms with Gasteiger partial charge in [0.2, 0.25) is 0 Å². The second kappa shape index (κ2) is 6.68. The molecule has 1 amide bonds. The molecule has 5 heteroatoms. The van der Waals surface area contributed by atoms with Crippen LogP contribution in [0, 0.1) is 5.82 Å². The molecule has 1 unspecified atom stereocenters. The van der Waals surface area contributed by atoms with E-state index in [-0.39, 0.29) is 17.8 Å². The van der Waals surface area contributed by atoms with Crippen molar-refractivity contribution in [2.45, 2.75) is 24.5 Å². The number of allylic oxidation sites excluding steroid dienone is 3. The van der Waals surface area contributed by atoms with E-state index in [4.69, 9.17) is 0 Å². The predicted octanol–water partition coefficient (Wildman–Crippen LogP) is 3.48. The number of nitrogens with one attached hydrogen (secondary N) is 2. The summed E-state index contributed by atoms with van der Waals surface area (Å²) in [5.74, 6) is 0.0450. The van der Waals surface area contributed by atoms with Gasteiger partial charge in [0, 0.05) is 18.2 Å². The lowest BCUT2D eigenvalue weighted by Gasteiger charge is -2.25. The van der Waals surface area contributed by atoms with Crippen LogP contribution in [0.4, 0.5) is 4.39 Å². The molecule has 1 fully saturated rings. The summed E-state index contributed by atoms with van der Waals surface area (Å²) >= 11 is 0. The van der Waals surface area contributed by atoms with Gasteiger partial charge in [0.1, 0.15) is 5.82 Å². The second-order valence-corrected chi connectivity index (χ2v) is 7.29. The smallest absolute Gasteiger partial charge is 0.264 e. The van der Waals surface area contributed by atoms with E-state index in [1.165, 1.54) is 17.7 Å². The number of fused-ring (bicyclic) bond motifs is 1. The summed E-state index contributed by atoms with van der Waals surface area (Å²) in [4.78, 5) is 14.9. The molecular weight excluding hydrogens is 353 g/mol. The van der Waals surface area contributed by atoms with Crippen molar-refractivity contribution in [3.8, 4) is 0 Å². The quantitative estimate of drug-likeness (QED) is 0.862. The van der Waals surface area contributed by atoms with E-state index in [0.717, 1.165) is 23.4 Å². The molecule has 1 aliphatic carbocycles. The third-order valence-electron chi connectivity index (χ3n) is 5.43. The predicted molar refractivity (Wildman–Crippen MR) is 106 cm³/mol. The number of carbonyl (C=O) groups is 1. The van der Waals surface area contributed by atoms with Crippen molar-refractivity contribution >= 4 is 11.6 Å². The Bertz CT molecular complexity index is 994. The Labute approximate surface area is 163 Å². The van der Waals surface area contributed by atoms with E-state index >= 15 is 0 Å². The van der Waals surface area contributed by atoms with Crippen molar-refractivity contribution in [1.29, 1.82) is 0 Å². The van der Waals surface area contributed by atoms with Crippen LogP contribution in [0.15, 0.2) is 84.7 Å². The zero-order valence-corrected chi connectivity index (χ0v) is 15.2. The van der Waals surface area contributed by atoms with Gasteiger partial charge in [-0.1, -0.05) is 36.4 Å². The molecule has 3 aliphatic rings. The van der Waals surface area contributed by atoms with Gasteiger partial charge in [-0.25, -0.2) is 4.39 Å². The number of nitrogens with zero attached hydrogens (tertiary/aromatic N) is 1. The molecule has 3 atom stereocenters. The van der Waals surface area contributed by atoms with E-state index in [9.17, 15) is 9.18 Å². The molecule has 140 valence electrons. The highest BCUT2D eigenvalue weighted by Crippen LogP contribution is 2.41.